The minimum atomic E-state index is -3.73. The Morgan fingerprint density at radius 1 is 1.29 bits per heavy atom. The van der Waals surface area contributed by atoms with Gasteiger partial charge < -0.3 is 19.5 Å². The molecule has 1 rings (SSSR count). The molecular weight excluding hydrogens is 295 g/mol. The van der Waals surface area contributed by atoms with Gasteiger partial charge in [0, 0.05) is 5.56 Å². The number of benzene rings is 1. The van der Waals surface area contributed by atoms with Crippen LogP contribution in [0.5, 0.6) is 0 Å². The monoisotopic (exact) mass is 312 g/mol. The van der Waals surface area contributed by atoms with Gasteiger partial charge >= 0.3 is 13.7 Å². The molecule has 0 heterocycles. The summed E-state index contributed by atoms with van der Waals surface area (Å²) in [5.74, 6) is -1.28. The van der Waals surface area contributed by atoms with Crippen LogP contribution >= 0.6 is 7.60 Å². The van der Waals surface area contributed by atoms with Gasteiger partial charge in [-0.05, 0) is 26.0 Å². The van der Waals surface area contributed by atoms with Gasteiger partial charge in [0.15, 0.2) is 0 Å². The molecule has 0 saturated heterocycles. The second-order valence-corrected chi connectivity index (χ2v) is 5.96. The molecule has 2 N–H and O–H groups in total. The number of primary amides is 1. The summed E-state index contributed by atoms with van der Waals surface area (Å²) >= 11 is 0. The summed E-state index contributed by atoms with van der Waals surface area (Å²) in [4.78, 5) is 11.1. The molecule has 1 aromatic rings. The summed E-state index contributed by atoms with van der Waals surface area (Å²) in [6, 6.07) is 8.00. The van der Waals surface area contributed by atoms with E-state index in [-0.39, 0.29) is 13.2 Å². The smallest absolute Gasteiger partial charge is 0.405 e. The van der Waals surface area contributed by atoms with E-state index in [0.717, 1.165) is 0 Å². The maximum absolute atomic E-state index is 12.8. The summed E-state index contributed by atoms with van der Waals surface area (Å²) in [5, 5.41) is 8.78. The average molecular weight is 312 g/mol. The molecule has 0 fully saturated rings. The molecule has 0 spiro atoms. The molecule has 1 atom stereocenters. The molecule has 21 heavy (non-hydrogen) atoms. The van der Waals surface area contributed by atoms with Gasteiger partial charge in [0.05, 0.1) is 24.8 Å². The molecule has 1 aromatic carbocycles. The third kappa shape index (κ3) is 4.57. The summed E-state index contributed by atoms with van der Waals surface area (Å²) in [7, 11) is -3.73. The number of nitriles is 1. The van der Waals surface area contributed by atoms with Crippen molar-refractivity contribution in [3.8, 4) is 6.07 Å². The van der Waals surface area contributed by atoms with Crippen molar-refractivity contribution in [1.29, 1.82) is 5.26 Å². The van der Waals surface area contributed by atoms with Gasteiger partial charge in [-0.3, -0.25) is 4.57 Å². The first-order chi connectivity index (χ1) is 9.96. The van der Waals surface area contributed by atoms with Crippen molar-refractivity contribution >= 4 is 13.7 Å². The highest BCUT2D eigenvalue weighted by Gasteiger charge is 2.40. The van der Waals surface area contributed by atoms with E-state index in [2.05, 4.69) is 0 Å². The fraction of sp³-hybridized carbons (Fsp3) is 0.385. The minimum absolute atomic E-state index is 0.117. The molecule has 8 heteroatoms. The van der Waals surface area contributed by atoms with Crippen molar-refractivity contribution in [1.82, 2.24) is 0 Å². The zero-order valence-corrected chi connectivity index (χ0v) is 12.7. The molecule has 1 amide bonds. The largest absolute Gasteiger partial charge is 0.428 e. The number of hydrogen-bond donors (Lipinski definition) is 1. The molecule has 0 aliphatic carbocycles. The van der Waals surface area contributed by atoms with Gasteiger partial charge in [0.2, 0.25) is 5.85 Å². The highest BCUT2D eigenvalue weighted by Crippen LogP contribution is 2.61. The van der Waals surface area contributed by atoms with E-state index in [9.17, 15) is 9.36 Å². The Balaban J connectivity index is 3.22. The first-order valence-corrected chi connectivity index (χ1v) is 7.93. The van der Waals surface area contributed by atoms with Crippen molar-refractivity contribution in [2.24, 2.45) is 5.73 Å². The van der Waals surface area contributed by atoms with Crippen LogP contribution in [0, 0.1) is 11.3 Å². The number of nitrogens with zero attached hydrogens (tertiary/aromatic N) is 1. The molecule has 0 radical (unpaired) electrons. The molecule has 0 aliphatic rings. The average Bonchev–Trinajstić information content (AvgIpc) is 2.45. The summed E-state index contributed by atoms with van der Waals surface area (Å²) in [6.45, 7) is 3.52. The maximum atomic E-state index is 12.8. The second-order valence-electron chi connectivity index (χ2n) is 3.90. The van der Waals surface area contributed by atoms with Crippen LogP contribution in [0.4, 0.5) is 4.79 Å². The molecule has 0 aliphatic heterocycles. The molecule has 7 nitrogen and oxygen atoms in total. The number of carbonyl (C=O) groups is 1. The van der Waals surface area contributed by atoms with Gasteiger partial charge in [-0.25, -0.2) is 4.79 Å². The lowest BCUT2D eigenvalue weighted by atomic mass is 10.1. The van der Waals surface area contributed by atoms with Crippen LogP contribution in [-0.4, -0.2) is 19.3 Å². The third-order valence-electron chi connectivity index (χ3n) is 2.46. The van der Waals surface area contributed by atoms with E-state index < -0.39 is 19.5 Å². The number of ether oxygens (including phenoxy) is 1. The Labute approximate surface area is 123 Å². The third-order valence-corrected chi connectivity index (χ3v) is 4.67. The van der Waals surface area contributed by atoms with Crippen LogP contribution in [0.3, 0.4) is 0 Å². The number of nitrogens with two attached hydrogens (primary N) is 1. The lowest BCUT2D eigenvalue weighted by Gasteiger charge is -2.25. The first kappa shape index (κ1) is 17.2. The molecule has 0 saturated carbocycles. The SMILES string of the molecule is CCOP(=O)(OCC)C(OC(N)=O)c1ccc(C#N)cc1. The molecule has 114 valence electrons. The van der Waals surface area contributed by atoms with Crippen LogP contribution in [0.2, 0.25) is 0 Å². The van der Waals surface area contributed by atoms with E-state index in [1.165, 1.54) is 24.3 Å². The maximum Gasteiger partial charge on any atom is 0.405 e. The highest BCUT2D eigenvalue weighted by atomic mass is 31.2. The Morgan fingerprint density at radius 2 is 1.81 bits per heavy atom. The first-order valence-electron chi connectivity index (χ1n) is 6.31. The molecule has 0 aromatic heterocycles. The van der Waals surface area contributed by atoms with E-state index in [1.807, 2.05) is 6.07 Å². The predicted molar refractivity (Wildman–Crippen MR) is 75.4 cm³/mol. The number of hydrogen-bond acceptors (Lipinski definition) is 6. The van der Waals surface area contributed by atoms with Crippen molar-refractivity contribution in [3.63, 3.8) is 0 Å². The Morgan fingerprint density at radius 3 is 2.19 bits per heavy atom. The molecule has 0 bridgehead atoms. The normalized spacial score (nSPS) is 12.4. The van der Waals surface area contributed by atoms with E-state index >= 15 is 0 Å². The Kier molecular flexibility index (Phi) is 6.38. The Bertz CT molecular complexity index is 557. The van der Waals surface area contributed by atoms with Crippen LogP contribution in [0.1, 0.15) is 30.8 Å². The Hall–Kier alpha value is -1.87. The van der Waals surface area contributed by atoms with Gasteiger partial charge in [-0.15, -0.1) is 0 Å². The van der Waals surface area contributed by atoms with E-state index in [0.29, 0.717) is 11.1 Å². The fourth-order valence-electron chi connectivity index (χ4n) is 1.68. The van der Waals surface area contributed by atoms with Crippen LogP contribution in [-0.2, 0) is 18.3 Å². The summed E-state index contributed by atoms with van der Waals surface area (Å²) < 4.78 is 28.0. The standard InChI is InChI=1S/C13H17N2O5P/c1-3-18-21(17,19-4-2)12(20-13(15)16)11-7-5-10(9-14)6-8-11/h5-8,12H,3-4H2,1-2H3,(H2,15,16). The number of rotatable bonds is 7. The zero-order chi connectivity index (χ0) is 15.9. The number of amides is 1. The van der Waals surface area contributed by atoms with Crippen LogP contribution < -0.4 is 5.73 Å². The van der Waals surface area contributed by atoms with E-state index in [1.54, 1.807) is 13.8 Å². The zero-order valence-electron chi connectivity index (χ0n) is 11.8. The molecule has 1 unspecified atom stereocenters. The fourth-order valence-corrected chi connectivity index (χ4v) is 3.52. The predicted octanol–water partition coefficient (Wildman–Crippen LogP) is 2.92. The van der Waals surface area contributed by atoms with Crippen molar-refractivity contribution in [2.75, 3.05) is 13.2 Å². The van der Waals surface area contributed by atoms with Gasteiger partial charge in [0.25, 0.3) is 0 Å². The second kappa shape index (κ2) is 7.79. The lowest BCUT2D eigenvalue weighted by molar-refractivity contribution is 0.109. The number of carbonyl (C=O) groups excluding carboxylic acids is 1. The van der Waals surface area contributed by atoms with Gasteiger partial charge in [0.1, 0.15) is 0 Å². The van der Waals surface area contributed by atoms with Crippen molar-refractivity contribution < 1.29 is 23.1 Å². The lowest BCUT2D eigenvalue weighted by Crippen LogP contribution is -2.19. The van der Waals surface area contributed by atoms with Gasteiger partial charge in [-0.1, -0.05) is 12.1 Å². The summed E-state index contributed by atoms with van der Waals surface area (Å²) in [6.07, 6.45) is -1.09. The van der Waals surface area contributed by atoms with Crippen molar-refractivity contribution in [3.05, 3.63) is 35.4 Å². The van der Waals surface area contributed by atoms with Crippen LogP contribution in [0.25, 0.3) is 0 Å². The molecular formula is C13H17N2O5P. The van der Waals surface area contributed by atoms with Crippen molar-refractivity contribution in [2.45, 2.75) is 19.7 Å². The summed E-state index contributed by atoms with van der Waals surface area (Å²) in [5.41, 5.74) is 5.82. The van der Waals surface area contributed by atoms with Crippen LogP contribution in [0.15, 0.2) is 24.3 Å². The minimum Gasteiger partial charge on any atom is -0.428 e. The topological polar surface area (TPSA) is 112 Å². The quantitative estimate of drug-likeness (QED) is 0.775. The van der Waals surface area contributed by atoms with E-state index in [4.69, 9.17) is 24.8 Å². The van der Waals surface area contributed by atoms with Gasteiger partial charge in [-0.2, -0.15) is 5.26 Å². The highest BCUT2D eigenvalue weighted by molar-refractivity contribution is 7.54.